The van der Waals surface area contributed by atoms with Crippen molar-refractivity contribution in [1.29, 1.82) is 0 Å². The van der Waals surface area contributed by atoms with Crippen molar-refractivity contribution < 1.29 is 33.9 Å². The van der Waals surface area contributed by atoms with Crippen LogP contribution in [0.5, 0.6) is 0 Å². The van der Waals surface area contributed by atoms with Crippen molar-refractivity contribution in [3.05, 3.63) is 0 Å². The molecule has 10 atom stereocenters. The first-order valence-electron chi connectivity index (χ1n) is 16.9. The second-order valence-electron chi connectivity index (χ2n) is 16.3. The summed E-state index contributed by atoms with van der Waals surface area (Å²) in [5.41, 5.74) is -0.230. The Labute approximate surface area is 256 Å². The van der Waals surface area contributed by atoms with Crippen molar-refractivity contribution in [3.63, 3.8) is 0 Å². The van der Waals surface area contributed by atoms with Crippen LogP contribution in [-0.2, 0) is 23.7 Å². The third-order valence-electron chi connectivity index (χ3n) is 12.6. The number of unbranched alkanes of at least 4 members (excludes halogenated alkanes) is 1. The van der Waals surface area contributed by atoms with Gasteiger partial charge in [-0.15, -0.1) is 0 Å². The van der Waals surface area contributed by atoms with Crippen LogP contribution < -0.4 is 0 Å². The molecule has 3 saturated carbocycles. The van der Waals surface area contributed by atoms with Gasteiger partial charge in [0.1, 0.15) is 13.6 Å². The van der Waals surface area contributed by atoms with E-state index in [0.29, 0.717) is 0 Å². The van der Waals surface area contributed by atoms with Crippen molar-refractivity contribution in [2.75, 3.05) is 27.8 Å². The standard InChI is InChI=1S/C35H64O7/c1-10-11-16-34(7)21-35(34)18-15-28(37)31(2,3)30(35)25(36)14-17-33(6)19-24(27(20-33)40-22-38-8)26-12-13-29(42-26)32(4,5)41-23-39-9/h24-30,36-37H,10-23H2,1-9H3/t24-,25-,26?,27-,28-,29-,30-,33-,34?,35?/m0/s1. The Bertz CT molecular complexity index is 877. The van der Waals surface area contributed by atoms with Gasteiger partial charge in [-0.25, -0.2) is 0 Å². The van der Waals surface area contributed by atoms with Crippen LogP contribution >= 0.6 is 0 Å². The highest BCUT2D eigenvalue weighted by atomic mass is 16.7. The van der Waals surface area contributed by atoms with Crippen molar-refractivity contribution in [3.8, 4) is 0 Å². The molecule has 1 aliphatic heterocycles. The van der Waals surface area contributed by atoms with Crippen LogP contribution in [0.1, 0.15) is 126 Å². The van der Waals surface area contributed by atoms with Crippen molar-refractivity contribution in [1.82, 2.24) is 0 Å². The lowest BCUT2D eigenvalue weighted by Crippen LogP contribution is -2.52. The molecule has 0 amide bonds. The zero-order valence-electron chi connectivity index (χ0n) is 28.4. The van der Waals surface area contributed by atoms with Gasteiger partial charge < -0.3 is 33.9 Å². The van der Waals surface area contributed by atoms with Gasteiger partial charge in [-0.05, 0) is 106 Å². The van der Waals surface area contributed by atoms with E-state index < -0.39 is 11.7 Å². The molecular formula is C35H64O7. The largest absolute Gasteiger partial charge is 0.393 e. The molecule has 1 spiro atoms. The Morgan fingerprint density at radius 3 is 2.36 bits per heavy atom. The number of rotatable bonds is 15. The van der Waals surface area contributed by atoms with E-state index in [-0.39, 0.29) is 71.5 Å². The summed E-state index contributed by atoms with van der Waals surface area (Å²) < 4.78 is 29.4. The zero-order chi connectivity index (χ0) is 31.0. The predicted molar refractivity (Wildman–Crippen MR) is 165 cm³/mol. The maximum Gasteiger partial charge on any atom is 0.147 e. The molecule has 246 valence electrons. The van der Waals surface area contributed by atoms with E-state index in [0.717, 1.165) is 51.4 Å². The van der Waals surface area contributed by atoms with E-state index in [1.54, 1.807) is 14.2 Å². The highest BCUT2D eigenvalue weighted by Gasteiger charge is 2.72. The summed E-state index contributed by atoms with van der Waals surface area (Å²) in [6, 6.07) is 0. The van der Waals surface area contributed by atoms with Crippen LogP contribution in [-0.4, -0.2) is 74.1 Å². The summed E-state index contributed by atoms with van der Waals surface area (Å²) in [6.07, 6.45) is 11.8. The smallest absolute Gasteiger partial charge is 0.147 e. The topological polar surface area (TPSA) is 86.6 Å². The average molecular weight is 597 g/mol. The van der Waals surface area contributed by atoms with Gasteiger partial charge in [-0.3, -0.25) is 0 Å². The Hall–Kier alpha value is -0.280. The number of hydrogen-bond donors (Lipinski definition) is 2. The fraction of sp³-hybridized carbons (Fsp3) is 1.00. The number of aliphatic hydroxyl groups excluding tert-OH is 2. The summed E-state index contributed by atoms with van der Waals surface area (Å²) in [5.74, 6) is 0.399. The maximum atomic E-state index is 12.0. The molecule has 2 N–H and O–H groups in total. The molecule has 42 heavy (non-hydrogen) atoms. The average Bonchev–Trinajstić information content (AvgIpc) is 3.25. The number of methoxy groups -OCH3 is 2. The molecule has 0 aromatic carbocycles. The predicted octanol–water partition coefficient (Wildman–Crippen LogP) is 6.86. The second kappa shape index (κ2) is 13.2. The molecule has 1 saturated heterocycles. The first kappa shape index (κ1) is 34.6. The molecule has 3 unspecified atom stereocenters. The van der Waals surface area contributed by atoms with Crippen LogP contribution in [0.3, 0.4) is 0 Å². The third-order valence-corrected chi connectivity index (χ3v) is 12.6. The van der Waals surface area contributed by atoms with Gasteiger partial charge in [0, 0.05) is 20.1 Å². The monoisotopic (exact) mass is 596 g/mol. The minimum atomic E-state index is -0.418. The number of ether oxygens (including phenoxy) is 5. The fourth-order valence-electron chi connectivity index (χ4n) is 9.93. The molecule has 0 bridgehead atoms. The summed E-state index contributed by atoms with van der Waals surface area (Å²) in [5, 5.41) is 23.1. The maximum absolute atomic E-state index is 12.0. The van der Waals surface area contributed by atoms with Gasteiger partial charge in [0.25, 0.3) is 0 Å². The lowest BCUT2D eigenvalue weighted by atomic mass is 9.55. The second-order valence-corrected chi connectivity index (χ2v) is 16.3. The minimum absolute atomic E-state index is 0.0196. The molecule has 1 heterocycles. The van der Waals surface area contributed by atoms with Gasteiger partial charge in [-0.1, -0.05) is 47.5 Å². The van der Waals surface area contributed by atoms with E-state index >= 15 is 0 Å². The van der Waals surface area contributed by atoms with Gasteiger partial charge in [0.05, 0.1) is 36.1 Å². The van der Waals surface area contributed by atoms with Gasteiger partial charge >= 0.3 is 0 Å². The Morgan fingerprint density at radius 2 is 1.69 bits per heavy atom. The van der Waals surface area contributed by atoms with Crippen LogP contribution in [0.15, 0.2) is 0 Å². The molecule has 7 heteroatoms. The van der Waals surface area contributed by atoms with Crippen molar-refractivity contribution in [2.45, 2.75) is 162 Å². The molecule has 4 fully saturated rings. The Kier molecular flexibility index (Phi) is 10.9. The normalized spacial score (nSPS) is 42.4. The zero-order valence-corrected chi connectivity index (χ0v) is 28.4. The van der Waals surface area contributed by atoms with Gasteiger partial charge in [-0.2, -0.15) is 0 Å². The quantitative estimate of drug-likeness (QED) is 0.200. The van der Waals surface area contributed by atoms with Crippen LogP contribution in [0.4, 0.5) is 0 Å². The number of aliphatic hydroxyl groups is 2. The molecule has 4 rings (SSSR count). The first-order chi connectivity index (χ1) is 19.7. The summed E-state index contributed by atoms with van der Waals surface area (Å²) >= 11 is 0. The van der Waals surface area contributed by atoms with Crippen LogP contribution in [0, 0.1) is 33.5 Å². The molecule has 4 aliphatic rings. The molecular weight excluding hydrogens is 532 g/mol. The Balaban J connectivity index is 1.44. The van der Waals surface area contributed by atoms with E-state index in [4.69, 9.17) is 23.7 Å². The van der Waals surface area contributed by atoms with Gasteiger partial charge in [0.2, 0.25) is 0 Å². The van der Waals surface area contributed by atoms with E-state index in [1.165, 1.54) is 25.7 Å². The summed E-state index contributed by atoms with van der Waals surface area (Å²) in [4.78, 5) is 0. The van der Waals surface area contributed by atoms with Crippen molar-refractivity contribution in [2.24, 2.45) is 33.5 Å². The van der Waals surface area contributed by atoms with E-state index in [2.05, 4.69) is 48.5 Å². The number of hydrogen-bond acceptors (Lipinski definition) is 7. The van der Waals surface area contributed by atoms with Crippen LogP contribution in [0.25, 0.3) is 0 Å². The lowest BCUT2D eigenvalue weighted by molar-refractivity contribution is -0.179. The highest BCUT2D eigenvalue weighted by molar-refractivity contribution is 5.21. The molecule has 0 aromatic rings. The van der Waals surface area contributed by atoms with Gasteiger partial charge in [0.15, 0.2) is 0 Å². The highest BCUT2D eigenvalue weighted by Crippen LogP contribution is 2.77. The van der Waals surface area contributed by atoms with Crippen molar-refractivity contribution >= 4 is 0 Å². The molecule has 0 radical (unpaired) electrons. The molecule has 0 aromatic heterocycles. The molecule has 7 nitrogen and oxygen atoms in total. The summed E-state index contributed by atoms with van der Waals surface area (Å²) in [7, 11) is 3.33. The summed E-state index contributed by atoms with van der Waals surface area (Å²) in [6.45, 7) is 16.2. The van der Waals surface area contributed by atoms with Crippen LogP contribution in [0.2, 0.25) is 0 Å². The third kappa shape index (κ3) is 6.78. The minimum Gasteiger partial charge on any atom is -0.393 e. The molecule has 3 aliphatic carbocycles. The SMILES string of the molecule is CCCCC1(C)CC12CC[C@H](O)C(C)(C)[C@@H]2[C@@H](O)CC[C@]1(C)C[C@H](OCOC)[C@H](C2CC[C@@H](C(C)(C)OCOC)O2)C1. The van der Waals surface area contributed by atoms with E-state index in [1.807, 2.05) is 0 Å². The van der Waals surface area contributed by atoms with E-state index in [9.17, 15) is 10.2 Å². The fourth-order valence-corrected chi connectivity index (χ4v) is 9.93. The lowest BCUT2D eigenvalue weighted by Gasteiger charge is -2.52. The first-order valence-corrected chi connectivity index (χ1v) is 16.9. The Morgan fingerprint density at radius 1 is 0.976 bits per heavy atom.